The largest absolute Gasteiger partial charge is 0.353 e. The van der Waals surface area contributed by atoms with Crippen molar-refractivity contribution in [1.82, 2.24) is 5.32 Å². The van der Waals surface area contributed by atoms with E-state index < -0.39 is 0 Å². The van der Waals surface area contributed by atoms with Gasteiger partial charge in [-0.25, -0.2) is 0 Å². The predicted molar refractivity (Wildman–Crippen MR) is 63.7 cm³/mol. The Labute approximate surface area is 93.1 Å². The second-order valence-electron chi connectivity index (χ2n) is 4.36. The number of carbonyl (C=O) groups excluding carboxylic acids is 1. The van der Waals surface area contributed by atoms with E-state index in [4.69, 9.17) is 0 Å². The molecule has 1 rings (SSSR count). The zero-order valence-corrected chi connectivity index (χ0v) is 10.0. The second kappa shape index (κ2) is 6.65. The number of hydrogen-bond donors (Lipinski definition) is 1. The van der Waals surface area contributed by atoms with Gasteiger partial charge in [-0.05, 0) is 32.1 Å². The summed E-state index contributed by atoms with van der Waals surface area (Å²) in [6.45, 7) is 4.13. The first kappa shape index (κ1) is 12.3. The fraction of sp³-hybridized carbons (Fsp3) is 0.769. The van der Waals surface area contributed by atoms with Gasteiger partial charge >= 0.3 is 0 Å². The second-order valence-corrected chi connectivity index (χ2v) is 4.36. The third kappa shape index (κ3) is 4.50. The van der Waals surface area contributed by atoms with E-state index in [1.54, 1.807) is 5.57 Å². The van der Waals surface area contributed by atoms with Crippen LogP contribution in [0.3, 0.4) is 0 Å². The van der Waals surface area contributed by atoms with E-state index in [-0.39, 0.29) is 5.91 Å². The first-order chi connectivity index (χ1) is 7.26. The van der Waals surface area contributed by atoms with Crippen LogP contribution in [0.5, 0.6) is 0 Å². The third-order valence-electron chi connectivity index (χ3n) is 3.04. The summed E-state index contributed by atoms with van der Waals surface area (Å²) in [5.41, 5.74) is 1.60. The van der Waals surface area contributed by atoms with E-state index in [0.717, 1.165) is 12.8 Å². The summed E-state index contributed by atoms with van der Waals surface area (Å²) in [5.74, 6) is 0.186. The van der Waals surface area contributed by atoms with Gasteiger partial charge in [0, 0.05) is 12.5 Å². The summed E-state index contributed by atoms with van der Waals surface area (Å²) < 4.78 is 0. The Balaban J connectivity index is 2.27. The van der Waals surface area contributed by atoms with Crippen LogP contribution in [-0.2, 0) is 4.79 Å². The topological polar surface area (TPSA) is 29.1 Å². The molecule has 0 heterocycles. The quantitative estimate of drug-likeness (QED) is 0.692. The maximum atomic E-state index is 11.2. The Hall–Kier alpha value is -0.790. The summed E-state index contributed by atoms with van der Waals surface area (Å²) in [5, 5.41) is 3.06. The SMILES string of the molecule is CCCCC1=CCC(NC(=O)CC)CC1. The van der Waals surface area contributed by atoms with E-state index in [1.807, 2.05) is 6.92 Å². The van der Waals surface area contributed by atoms with Crippen molar-refractivity contribution in [3.63, 3.8) is 0 Å². The van der Waals surface area contributed by atoms with Gasteiger partial charge in [0.25, 0.3) is 0 Å². The van der Waals surface area contributed by atoms with E-state index >= 15 is 0 Å². The summed E-state index contributed by atoms with van der Waals surface area (Å²) in [4.78, 5) is 11.2. The molecule has 0 saturated carbocycles. The summed E-state index contributed by atoms with van der Waals surface area (Å²) in [6, 6.07) is 0.392. The van der Waals surface area contributed by atoms with Crippen LogP contribution >= 0.6 is 0 Å². The Morgan fingerprint density at radius 2 is 2.33 bits per heavy atom. The first-order valence-electron chi connectivity index (χ1n) is 6.23. The van der Waals surface area contributed by atoms with Gasteiger partial charge in [-0.3, -0.25) is 4.79 Å². The molecule has 0 aromatic carbocycles. The maximum absolute atomic E-state index is 11.2. The van der Waals surface area contributed by atoms with Gasteiger partial charge in [-0.15, -0.1) is 0 Å². The molecule has 1 aliphatic carbocycles. The molecule has 0 aliphatic heterocycles. The van der Waals surface area contributed by atoms with E-state index in [0.29, 0.717) is 12.5 Å². The van der Waals surface area contributed by atoms with Crippen LogP contribution in [0.1, 0.15) is 58.8 Å². The monoisotopic (exact) mass is 209 g/mol. The van der Waals surface area contributed by atoms with Crippen molar-refractivity contribution in [3.05, 3.63) is 11.6 Å². The van der Waals surface area contributed by atoms with Crippen molar-refractivity contribution in [1.29, 1.82) is 0 Å². The zero-order chi connectivity index (χ0) is 11.1. The molecule has 0 bridgehead atoms. The lowest BCUT2D eigenvalue weighted by atomic mass is 9.92. The fourth-order valence-corrected chi connectivity index (χ4v) is 1.98. The molecule has 0 spiro atoms. The molecular formula is C13H23NO. The summed E-state index contributed by atoms with van der Waals surface area (Å²) in [6.07, 6.45) is 10.1. The highest BCUT2D eigenvalue weighted by atomic mass is 16.1. The van der Waals surface area contributed by atoms with Crippen molar-refractivity contribution in [3.8, 4) is 0 Å². The Kier molecular flexibility index (Phi) is 5.44. The molecule has 1 N–H and O–H groups in total. The molecular weight excluding hydrogens is 186 g/mol. The maximum Gasteiger partial charge on any atom is 0.219 e. The number of allylic oxidation sites excluding steroid dienone is 1. The van der Waals surface area contributed by atoms with Crippen LogP contribution in [-0.4, -0.2) is 11.9 Å². The molecule has 2 heteroatoms. The zero-order valence-electron chi connectivity index (χ0n) is 10.0. The van der Waals surface area contributed by atoms with Crippen LogP contribution in [0.15, 0.2) is 11.6 Å². The van der Waals surface area contributed by atoms with Crippen LogP contribution in [0.4, 0.5) is 0 Å². The molecule has 1 atom stereocenters. The van der Waals surface area contributed by atoms with Gasteiger partial charge in [0.05, 0.1) is 0 Å². The van der Waals surface area contributed by atoms with Crippen molar-refractivity contribution in [2.24, 2.45) is 0 Å². The highest BCUT2D eigenvalue weighted by molar-refractivity contribution is 5.75. The molecule has 1 unspecified atom stereocenters. The van der Waals surface area contributed by atoms with Gasteiger partial charge in [0.2, 0.25) is 5.91 Å². The average molecular weight is 209 g/mol. The minimum absolute atomic E-state index is 0.186. The fourth-order valence-electron chi connectivity index (χ4n) is 1.98. The van der Waals surface area contributed by atoms with Gasteiger partial charge in [-0.1, -0.05) is 31.9 Å². The van der Waals surface area contributed by atoms with Crippen molar-refractivity contribution >= 4 is 5.91 Å². The van der Waals surface area contributed by atoms with Gasteiger partial charge in [0.15, 0.2) is 0 Å². The van der Waals surface area contributed by atoms with Gasteiger partial charge in [0.1, 0.15) is 0 Å². The van der Waals surface area contributed by atoms with Gasteiger partial charge in [-0.2, -0.15) is 0 Å². The van der Waals surface area contributed by atoms with Crippen LogP contribution in [0.25, 0.3) is 0 Å². The number of carbonyl (C=O) groups is 1. The van der Waals surface area contributed by atoms with Crippen molar-refractivity contribution < 1.29 is 4.79 Å². The molecule has 0 aromatic heterocycles. The first-order valence-corrected chi connectivity index (χ1v) is 6.23. The van der Waals surface area contributed by atoms with Crippen LogP contribution < -0.4 is 5.32 Å². The highest BCUT2D eigenvalue weighted by Crippen LogP contribution is 2.22. The van der Waals surface area contributed by atoms with E-state index in [9.17, 15) is 4.79 Å². The molecule has 0 fully saturated rings. The van der Waals surface area contributed by atoms with E-state index in [2.05, 4.69) is 18.3 Å². The molecule has 0 radical (unpaired) electrons. The van der Waals surface area contributed by atoms with Crippen molar-refractivity contribution in [2.75, 3.05) is 0 Å². The molecule has 86 valence electrons. The van der Waals surface area contributed by atoms with E-state index in [1.165, 1.54) is 25.7 Å². The molecule has 0 saturated heterocycles. The number of amides is 1. The van der Waals surface area contributed by atoms with Crippen LogP contribution in [0, 0.1) is 0 Å². The number of nitrogens with one attached hydrogen (secondary N) is 1. The van der Waals surface area contributed by atoms with Gasteiger partial charge < -0.3 is 5.32 Å². The Morgan fingerprint density at radius 3 is 2.87 bits per heavy atom. The lowest BCUT2D eigenvalue weighted by Crippen LogP contribution is -2.35. The normalized spacial score (nSPS) is 20.9. The lowest BCUT2D eigenvalue weighted by molar-refractivity contribution is -0.121. The molecule has 1 amide bonds. The minimum atomic E-state index is 0.186. The molecule has 1 aliphatic rings. The third-order valence-corrected chi connectivity index (χ3v) is 3.04. The predicted octanol–water partition coefficient (Wildman–Crippen LogP) is 3.18. The summed E-state index contributed by atoms with van der Waals surface area (Å²) >= 11 is 0. The highest BCUT2D eigenvalue weighted by Gasteiger charge is 2.15. The minimum Gasteiger partial charge on any atom is -0.353 e. The smallest absolute Gasteiger partial charge is 0.219 e. The molecule has 15 heavy (non-hydrogen) atoms. The number of unbranched alkanes of at least 4 members (excludes halogenated alkanes) is 1. The number of rotatable bonds is 5. The summed E-state index contributed by atoms with van der Waals surface area (Å²) in [7, 11) is 0. The van der Waals surface area contributed by atoms with Crippen molar-refractivity contribution in [2.45, 2.75) is 64.8 Å². The van der Waals surface area contributed by atoms with Crippen LogP contribution in [0.2, 0.25) is 0 Å². The lowest BCUT2D eigenvalue weighted by Gasteiger charge is -2.22. The Morgan fingerprint density at radius 1 is 1.53 bits per heavy atom. The number of hydrogen-bond acceptors (Lipinski definition) is 1. The standard InChI is InChI=1S/C13H23NO/c1-3-5-6-11-7-9-12(10-8-11)14-13(15)4-2/h7,12H,3-6,8-10H2,1-2H3,(H,14,15). The molecule has 2 nitrogen and oxygen atoms in total. The average Bonchev–Trinajstić information content (AvgIpc) is 2.28. The Bertz CT molecular complexity index is 233. The molecule has 0 aromatic rings.